The predicted molar refractivity (Wildman–Crippen MR) is 125 cm³/mol. The molecule has 0 radical (unpaired) electrons. The maximum Gasteiger partial charge on any atom is 0.183 e. The van der Waals surface area contributed by atoms with E-state index in [-0.39, 0.29) is 0 Å². The maximum absolute atomic E-state index is 4.99. The number of hydrogen-bond acceptors (Lipinski definition) is 2. The fourth-order valence-electron chi connectivity index (χ4n) is 3.53. The van der Waals surface area contributed by atoms with E-state index in [9.17, 15) is 0 Å². The van der Waals surface area contributed by atoms with Crippen molar-refractivity contribution in [3.05, 3.63) is 93.2 Å². The Kier molecular flexibility index (Phi) is 4.75. The summed E-state index contributed by atoms with van der Waals surface area (Å²) in [4.78, 5) is 9.98. The van der Waals surface area contributed by atoms with E-state index in [4.69, 9.17) is 9.98 Å². The summed E-state index contributed by atoms with van der Waals surface area (Å²) in [5, 5.41) is 0. The largest absolute Gasteiger partial charge is 0.333 e. The van der Waals surface area contributed by atoms with E-state index in [1.54, 1.807) is 0 Å². The van der Waals surface area contributed by atoms with Crippen LogP contribution in [0.4, 0.5) is 11.4 Å². The van der Waals surface area contributed by atoms with E-state index in [0.717, 1.165) is 42.6 Å². The van der Waals surface area contributed by atoms with Gasteiger partial charge in [0.25, 0.3) is 0 Å². The lowest BCUT2D eigenvalue weighted by Crippen LogP contribution is -2.37. The molecule has 0 aliphatic heterocycles. The molecule has 0 saturated carbocycles. The van der Waals surface area contributed by atoms with Gasteiger partial charge in [0, 0.05) is 47.8 Å². The highest BCUT2D eigenvalue weighted by atomic mass is 79.9. The van der Waals surface area contributed by atoms with Crippen molar-refractivity contribution < 1.29 is 0 Å². The van der Waals surface area contributed by atoms with E-state index in [1.165, 1.54) is 0 Å². The molecule has 150 valence electrons. The van der Waals surface area contributed by atoms with Crippen molar-refractivity contribution >= 4 is 54.5 Å². The Morgan fingerprint density at radius 1 is 0.567 bits per heavy atom. The molecule has 2 aromatic carbocycles. The average Bonchev–Trinajstić information content (AvgIpc) is 3.30. The van der Waals surface area contributed by atoms with Crippen molar-refractivity contribution in [2.24, 2.45) is 24.1 Å². The molecule has 5 aromatic rings. The minimum atomic E-state index is 0.763. The minimum Gasteiger partial charge on any atom is -0.333 e. The van der Waals surface area contributed by atoms with Gasteiger partial charge in [0.05, 0.1) is 11.4 Å². The molecular formula is C22H18Br2N6. The van der Waals surface area contributed by atoms with E-state index >= 15 is 0 Å². The Morgan fingerprint density at radius 2 is 0.933 bits per heavy atom. The zero-order valence-electron chi connectivity index (χ0n) is 16.4. The minimum absolute atomic E-state index is 0.763. The molecule has 0 fully saturated rings. The molecular weight excluding hydrogens is 508 g/mol. The lowest BCUT2D eigenvalue weighted by Gasteiger charge is -2.07. The molecule has 0 amide bonds. The van der Waals surface area contributed by atoms with Crippen molar-refractivity contribution in [3.63, 3.8) is 0 Å². The van der Waals surface area contributed by atoms with Gasteiger partial charge in [-0.3, -0.25) is 8.80 Å². The molecule has 0 aliphatic rings. The van der Waals surface area contributed by atoms with Crippen molar-refractivity contribution in [2.75, 3.05) is 0 Å². The molecule has 30 heavy (non-hydrogen) atoms. The number of rotatable bonds is 2. The fraction of sp³-hybridized carbons (Fsp3) is 0.0909. The number of imidazole rings is 2. The van der Waals surface area contributed by atoms with Crippen LogP contribution in [-0.2, 0) is 14.1 Å². The zero-order valence-corrected chi connectivity index (χ0v) is 19.5. The summed E-state index contributed by atoms with van der Waals surface area (Å²) in [7, 11) is 4.08. The van der Waals surface area contributed by atoms with E-state index in [2.05, 4.69) is 49.8 Å². The number of benzene rings is 2. The van der Waals surface area contributed by atoms with Crippen LogP contribution in [-0.4, -0.2) is 17.9 Å². The Labute approximate surface area is 189 Å². The molecule has 0 N–H and O–H groups in total. The first-order valence-corrected chi connectivity index (χ1v) is 10.9. The SMILES string of the molecule is Cn1ccn2c(=Nc3ccc(Br)cc3)c(=Nc3ccc(Br)cc3)n3ccn(C)c3c12. The van der Waals surface area contributed by atoms with Crippen LogP contribution in [0.2, 0.25) is 0 Å². The van der Waals surface area contributed by atoms with Crippen LogP contribution in [0.1, 0.15) is 0 Å². The monoisotopic (exact) mass is 524 g/mol. The first-order valence-electron chi connectivity index (χ1n) is 9.35. The number of aromatic nitrogens is 4. The van der Waals surface area contributed by atoms with Crippen molar-refractivity contribution in [3.8, 4) is 0 Å². The second-order valence-corrected chi connectivity index (χ2v) is 8.86. The number of nitrogens with zero attached hydrogens (tertiary/aromatic N) is 6. The lowest BCUT2D eigenvalue weighted by molar-refractivity contribution is 0.859. The Hall–Kier alpha value is -2.84. The fourth-order valence-corrected chi connectivity index (χ4v) is 4.06. The van der Waals surface area contributed by atoms with Gasteiger partial charge in [-0.15, -0.1) is 0 Å². The highest BCUT2D eigenvalue weighted by Gasteiger charge is 2.12. The number of halogens is 2. The number of hydrogen-bond donors (Lipinski definition) is 0. The molecule has 0 aliphatic carbocycles. The highest BCUT2D eigenvalue weighted by Crippen LogP contribution is 2.18. The molecule has 6 nitrogen and oxygen atoms in total. The van der Waals surface area contributed by atoms with Gasteiger partial charge in [0.1, 0.15) is 0 Å². The van der Waals surface area contributed by atoms with E-state index in [1.807, 2.05) is 87.4 Å². The van der Waals surface area contributed by atoms with Gasteiger partial charge in [-0.2, -0.15) is 0 Å². The van der Waals surface area contributed by atoms with Crippen molar-refractivity contribution in [1.29, 1.82) is 0 Å². The molecule has 0 bridgehead atoms. The zero-order chi connectivity index (χ0) is 20.8. The molecule has 0 spiro atoms. The highest BCUT2D eigenvalue weighted by molar-refractivity contribution is 9.10. The van der Waals surface area contributed by atoms with Crippen LogP contribution in [0.25, 0.3) is 11.3 Å². The summed E-state index contributed by atoms with van der Waals surface area (Å²) in [6.45, 7) is 0. The Bertz CT molecular complexity index is 1400. The predicted octanol–water partition coefficient (Wildman–Crippen LogP) is 4.86. The molecule has 8 heteroatoms. The van der Waals surface area contributed by atoms with Crippen LogP contribution in [0, 0.1) is 0 Å². The maximum atomic E-state index is 4.99. The molecule has 0 atom stereocenters. The van der Waals surface area contributed by atoms with Gasteiger partial charge >= 0.3 is 0 Å². The summed E-state index contributed by atoms with van der Waals surface area (Å²) in [6.07, 6.45) is 8.12. The van der Waals surface area contributed by atoms with Gasteiger partial charge < -0.3 is 9.13 Å². The molecule has 0 unspecified atom stereocenters. The third kappa shape index (κ3) is 3.26. The van der Waals surface area contributed by atoms with Gasteiger partial charge in [-0.25, -0.2) is 9.98 Å². The normalized spacial score (nSPS) is 13.1. The third-order valence-electron chi connectivity index (χ3n) is 4.98. The number of fused-ring (bicyclic) bond motifs is 3. The van der Waals surface area contributed by atoms with Crippen LogP contribution in [0.3, 0.4) is 0 Å². The summed E-state index contributed by atoms with van der Waals surface area (Å²) in [6, 6.07) is 15.9. The average molecular weight is 526 g/mol. The van der Waals surface area contributed by atoms with Crippen LogP contribution >= 0.6 is 31.9 Å². The summed E-state index contributed by atoms with van der Waals surface area (Å²) in [5.74, 6) is 0. The first kappa shape index (κ1) is 19.1. The number of aryl methyl sites for hydroxylation is 2. The Morgan fingerprint density at radius 3 is 1.30 bits per heavy atom. The topological polar surface area (TPSA) is 43.4 Å². The van der Waals surface area contributed by atoms with E-state index in [0.29, 0.717) is 0 Å². The summed E-state index contributed by atoms with van der Waals surface area (Å²) in [5.41, 5.74) is 5.32. The third-order valence-corrected chi connectivity index (χ3v) is 6.04. The first-order chi connectivity index (χ1) is 14.5. The molecule has 3 heterocycles. The molecule has 5 rings (SSSR count). The van der Waals surface area contributed by atoms with Gasteiger partial charge in [-0.05, 0) is 48.5 Å². The lowest BCUT2D eigenvalue weighted by atomic mass is 10.3. The van der Waals surface area contributed by atoms with E-state index < -0.39 is 0 Å². The smallest absolute Gasteiger partial charge is 0.183 e. The summed E-state index contributed by atoms with van der Waals surface area (Å²) >= 11 is 6.99. The standard InChI is InChI=1S/C22H18Br2N6/c1-27-11-13-29-19(25-17-7-3-15(23)4-8-17)20(26-18-9-5-16(24)6-10-18)30-14-12-28(2)22(30)21(27)29/h3-14H,1-2H3. The second-order valence-electron chi connectivity index (χ2n) is 7.03. The van der Waals surface area contributed by atoms with Crippen LogP contribution < -0.4 is 11.0 Å². The quantitative estimate of drug-likeness (QED) is 0.316. The van der Waals surface area contributed by atoms with Crippen LogP contribution in [0.5, 0.6) is 0 Å². The molecule has 0 saturated heterocycles. The van der Waals surface area contributed by atoms with Gasteiger partial charge in [-0.1, -0.05) is 31.9 Å². The summed E-state index contributed by atoms with van der Waals surface area (Å²) < 4.78 is 10.4. The van der Waals surface area contributed by atoms with Crippen molar-refractivity contribution in [1.82, 2.24) is 17.9 Å². The Balaban J connectivity index is 1.97. The van der Waals surface area contributed by atoms with Gasteiger partial charge in [0.15, 0.2) is 22.3 Å². The van der Waals surface area contributed by atoms with Gasteiger partial charge in [0.2, 0.25) is 0 Å². The molecule has 3 aromatic heterocycles. The second kappa shape index (κ2) is 7.45. The van der Waals surface area contributed by atoms with Crippen molar-refractivity contribution in [2.45, 2.75) is 0 Å². The van der Waals surface area contributed by atoms with Crippen LogP contribution in [0.15, 0.2) is 92.2 Å².